The second-order valence-electron chi connectivity index (χ2n) is 8.67. The summed E-state index contributed by atoms with van der Waals surface area (Å²) in [7, 11) is 0. The van der Waals surface area contributed by atoms with Crippen molar-refractivity contribution in [2.75, 3.05) is 11.1 Å². The van der Waals surface area contributed by atoms with Crippen molar-refractivity contribution in [2.45, 2.75) is 6.92 Å². The number of carbonyl (C=O) groups is 4. The average molecular weight is 458 g/mol. The minimum Gasteiger partial charge on any atom is -0.398 e. The molecule has 35 heavy (non-hydrogen) atoms. The zero-order valence-electron chi connectivity index (χ0n) is 18.6. The summed E-state index contributed by atoms with van der Waals surface area (Å²) in [6.45, 7) is 1.78. The molecule has 0 atom stereocenters. The fraction of sp³-hybridized carbons (Fsp3) is 0.0345. The zero-order valence-corrected chi connectivity index (χ0v) is 18.6. The molecule has 0 unspecified atom stereocenters. The third kappa shape index (κ3) is 2.83. The predicted molar refractivity (Wildman–Crippen MR) is 132 cm³/mol. The van der Waals surface area contributed by atoms with Gasteiger partial charge in [-0.15, -0.1) is 0 Å². The molecule has 0 saturated carbocycles. The van der Waals surface area contributed by atoms with E-state index in [1.807, 2.05) is 0 Å². The van der Waals surface area contributed by atoms with E-state index in [0.717, 1.165) is 0 Å². The molecule has 2 aliphatic carbocycles. The van der Waals surface area contributed by atoms with Gasteiger partial charge in [-0.25, -0.2) is 0 Å². The van der Waals surface area contributed by atoms with Crippen LogP contribution in [-0.4, -0.2) is 23.1 Å². The van der Waals surface area contributed by atoms with Gasteiger partial charge in [-0.05, 0) is 30.7 Å². The molecule has 0 radical (unpaired) electrons. The summed E-state index contributed by atoms with van der Waals surface area (Å²) in [6, 6.07) is 20.0. The van der Waals surface area contributed by atoms with Crippen molar-refractivity contribution in [3.8, 4) is 0 Å². The Morgan fingerprint density at radius 2 is 0.914 bits per heavy atom. The van der Waals surface area contributed by atoms with Gasteiger partial charge in [-0.3, -0.25) is 19.2 Å². The van der Waals surface area contributed by atoms with Crippen molar-refractivity contribution >= 4 is 40.2 Å². The number of hydrogen-bond acceptors (Lipinski definition) is 6. The molecule has 0 aliphatic heterocycles. The van der Waals surface area contributed by atoms with E-state index in [1.165, 1.54) is 0 Å². The molecule has 0 bridgehead atoms. The van der Waals surface area contributed by atoms with Crippen LogP contribution in [0.3, 0.4) is 0 Å². The summed E-state index contributed by atoms with van der Waals surface area (Å²) in [5.41, 5.74) is 9.89. The van der Waals surface area contributed by atoms with Gasteiger partial charge in [-0.1, -0.05) is 54.6 Å². The molecule has 0 heterocycles. The van der Waals surface area contributed by atoms with E-state index in [0.29, 0.717) is 44.8 Å². The number of nitrogens with one attached hydrogen (secondary N) is 1. The van der Waals surface area contributed by atoms with Gasteiger partial charge in [0.1, 0.15) is 0 Å². The monoisotopic (exact) mass is 458 g/mol. The zero-order chi connectivity index (χ0) is 24.4. The van der Waals surface area contributed by atoms with Crippen molar-refractivity contribution in [3.63, 3.8) is 0 Å². The summed E-state index contributed by atoms with van der Waals surface area (Å²) in [6.07, 6.45) is 0. The predicted octanol–water partition coefficient (Wildman–Crippen LogP) is 4.87. The Morgan fingerprint density at radius 1 is 0.514 bits per heavy atom. The maximum Gasteiger partial charge on any atom is 0.196 e. The maximum atomic E-state index is 13.5. The van der Waals surface area contributed by atoms with Crippen molar-refractivity contribution in [1.29, 1.82) is 0 Å². The lowest BCUT2D eigenvalue weighted by atomic mass is 9.80. The first-order chi connectivity index (χ1) is 16.9. The fourth-order valence-corrected chi connectivity index (χ4v) is 4.98. The third-order valence-electron chi connectivity index (χ3n) is 6.66. The Hall–Kier alpha value is -4.84. The first-order valence-electron chi connectivity index (χ1n) is 11.1. The van der Waals surface area contributed by atoms with Crippen molar-refractivity contribution in [3.05, 3.63) is 123 Å². The Balaban J connectivity index is 1.54. The average Bonchev–Trinajstić information content (AvgIpc) is 2.87. The highest BCUT2D eigenvalue weighted by molar-refractivity contribution is 6.33. The SMILES string of the molecule is Cc1ccc(Nc2ccc(N)c3c2C(=O)c2ccccc2C3=O)c2c1C(=O)c1ccccc1C2=O. The molecule has 168 valence electrons. The van der Waals surface area contributed by atoms with E-state index in [9.17, 15) is 19.2 Å². The number of nitrogens with two attached hydrogens (primary N) is 1. The van der Waals surface area contributed by atoms with E-state index in [-0.39, 0.29) is 45.5 Å². The van der Waals surface area contributed by atoms with Crippen LogP contribution >= 0.6 is 0 Å². The van der Waals surface area contributed by atoms with E-state index in [2.05, 4.69) is 5.32 Å². The lowest BCUT2D eigenvalue weighted by molar-refractivity contribution is 0.0979. The van der Waals surface area contributed by atoms with Crippen molar-refractivity contribution < 1.29 is 19.2 Å². The largest absolute Gasteiger partial charge is 0.398 e. The molecule has 0 saturated heterocycles. The van der Waals surface area contributed by atoms with Crippen LogP contribution in [-0.2, 0) is 0 Å². The maximum absolute atomic E-state index is 13.5. The van der Waals surface area contributed by atoms with Crippen LogP contribution in [0.4, 0.5) is 17.1 Å². The number of ketones is 4. The Kier molecular flexibility index (Phi) is 4.35. The summed E-state index contributed by atoms with van der Waals surface area (Å²) in [5, 5.41) is 3.18. The highest BCUT2D eigenvalue weighted by Crippen LogP contribution is 2.39. The highest BCUT2D eigenvalue weighted by atomic mass is 16.1. The molecule has 2 aliphatic rings. The van der Waals surface area contributed by atoms with Crippen molar-refractivity contribution in [1.82, 2.24) is 0 Å². The number of rotatable bonds is 2. The van der Waals surface area contributed by atoms with Gasteiger partial charge in [0, 0.05) is 33.5 Å². The minimum absolute atomic E-state index is 0.132. The number of hydrogen-bond donors (Lipinski definition) is 2. The molecular weight excluding hydrogens is 440 g/mol. The van der Waals surface area contributed by atoms with Gasteiger partial charge < -0.3 is 11.1 Å². The Morgan fingerprint density at radius 3 is 1.43 bits per heavy atom. The molecule has 6 rings (SSSR count). The molecule has 6 nitrogen and oxygen atoms in total. The standard InChI is InChI=1S/C29H18N2O4/c1-14-10-12-20(24-22(14)26(32)15-6-2-4-8-17(15)28(24)34)31-21-13-11-19(30)23-25(21)29(35)18-9-5-3-7-16(18)27(23)33/h2-13,31H,30H2,1H3. The van der Waals surface area contributed by atoms with Crippen LogP contribution in [0.1, 0.15) is 69.2 Å². The van der Waals surface area contributed by atoms with E-state index in [4.69, 9.17) is 5.73 Å². The van der Waals surface area contributed by atoms with Gasteiger partial charge in [0.05, 0.1) is 28.1 Å². The minimum atomic E-state index is -0.335. The Labute approximate surface area is 200 Å². The topological polar surface area (TPSA) is 106 Å². The molecule has 0 amide bonds. The quantitative estimate of drug-likeness (QED) is 0.359. The summed E-state index contributed by atoms with van der Waals surface area (Å²) in [5.74, 6) is -1.17. The second-order valence-corrected chi connectivity index (χ2v) is 8.67. The third-order valence-corrected chi connectivity index (χ3v) is 6.66. The lowest BCUT2D eigenvalue weighted by Crippen LogP contribution is -2.25. The van der Waals surface area contributed by atoms with E-state index in [1.54, 1.807) is 79.7 Å². The van der Waals surface area contributed by atoms with Crippen LogP contribution in [0.2, 0.25) is 0 Å². The second kappa shape index (κ2) is 7.33. The smallest absolute Gasteiger partial charge is 0.196 e. The van der Waals surface area contributed by atoms with Crippen LogP contribution in [0, 0.1) is 6.92 Å². The van der Waals surface area contributed by atoms with Crippen molar-refractivity contribution in [2.24, 2.45) is 0 Å². The molecule has 4 aromatic rings. The molecule has 0 spiro atoms. The normalized spacial score (nSPS) is 13.6. The number of nitrogen functional groups attached to an aromatic ring is 1. The number of fused-ring (bicyclic) bond motifs is 4. The number of carbonyl (C=O) groups excluding carboxylic acids is 4. The number of benzene rings is 4. The van der Waals surface area contributed by atoms with E-state index >= 15 is 0 Å². The van der Waals surface area contributed by atoms with Crippen LogP contribution < -0.4 is 11.1 Å². The lowest BCUT2D eigenvalue weighted by Gasteiger charge is -2.25. The first-order valence-corrected chi connectivity index (χ1v) is 11.1. The van der Waals surface area contributed by atoms with Gasteiger partial charge in [0.25, 0.3) is 0 Å². The molecule has 0 aromatic heterocycles. The molecule has 4 aromatic carbocycles. The highest BCUT2D eigenvalue weighted by Gasteiger charge is 2.35. The fourth-order valence-electron chi connectivity index (χ4n) is 4.98. The van der Waals surface area contributed by atoms with Crippen LogP contribution in [0.15, 0.2) is 72.8 Å². The number of anilines is 3. The molecular formula is C29H18N2O4. The van der Waals surface area contributed by atoms with Crippen LogP contribution in [0.25, 0.3) is 0 Å². The summed E-state index contributed by atoms with van der Waals surface area (Å²) < 4.78 is 0. The molecule has 6 heteroatoms. The summed E-state index contributed by atoms with van der Waals surface area (Å²) in [4.78, 5) is 53.5. The van der Waals surface area contributed by atoms with E-state index < -0.39 is 0 Å². The molecule has 0 fully saturated rings. The number of aryl methyl sites for hydroxylation is 1. The Bertz CT molecular complexity index is 1540. The summed E-state index contributed by atoms with van der Waals surface area (Å²) >= 11 is 0. The molecule has 3 N–H and O–H groups in total. The van der Waals surface area contributed by atoms with Gasteiger partial charge in [0.15, 0.2) is 23.1 Å². The van der Waals surface area contributed by atoms with Crippen LogP contribution in [0.5, 0.6) is 0 Å². The van der Waals surface area contributed by atoms with Gasteiger partial charge in [-0.2, -0.15) is 0 Å². The van der Waals surface area contributed by atoms with Gasteiger partial charge >= 0.3 is 0 Å². The van der Waals surface area contributed by atoms with Gasteiger partial charge in [0.2, 0.25) is 0 Å². The first kappa shape index (κ1) is 20.7.